The second-order valence-corrected chi connectivity index (χ2v) is 4.74. The molecule has 0 aliphatic carbocycles. The first kappa shape index (κ1) is 12.6. The van der Waals surface area contributed by atoms with Crippen molar-refractivity contribution >= 4 is 40.1 Å². The first-order valence-electron chi connectivity index (χ1n) is 4.22. The number of carbonyl (C=O) groups is 1. The molecule has 0 aromatic heterocycles. The van der Waals surface area contributed by atoms with Crippen LogP contribution in [0.4, 0.5) is 0 Å². The lowest BCUT2D eigenvalue weighted by Gasteiger charge is -2.14. The minimum atomic E-state index is -0.120. The van der Waals surface area contributed by atoms with Gasteiger partial charge in [-0.2, -0.15) is 0 Å². The highest BCUT2D eigenvalue weighted by molar-refractivity contribution is 14.1. The van der Waals surface area contributed by atoms with Crippen LogP contribution in [-0.2, 0) is 0 Å². The van der Waals surface area contributed by atoms with E-state index in [2.05, 4.69) is 22.6 Å². The van der Waals surface area contributed by atoms with E-state index in [1.807, 2.05) is 0 Å². The van der Waals surface area contributed by atoms with Gasteiger partial charge >= 0.3 is 0 Å². The SMILES string of the molecule is COc1cc(I)c(Cl)cc1C(=O)N(C)C. The number of ether oxygens (including phenoxy) is 1. The number of methoxy groups -OCH3 is 1. The Morgan fingerprint density at radius 1 is 1.47 bits per heavy atom. The molecule has 3 nitrogen and oxygen atoms in total. The zero-order chi connectivity index (χ0) is 11.6. The van der Waals surface area contributed by atoms with Crippen molar-refractivity contribution in [3.63, 3.8) is 0 Å². The summed E-state index contributed by atoms with van der Waals surface area (Å²) in [6, 6.07) is 3.38. The number of carbonyl (C=O) groups excluding carboxylic acids is 1. The summed E-state index contributed by atoms with van der Waals surface area (Å²) in [4.78, 5) is 13.3. The first-order chi connectivity index (χ1) is 6.97. The Bertz CT molecular complexity index is 393. The van der Waals surface area contributed by atoms with Gasteiger partial charge in [-0.05, 0) is 34.7 Å². The summed E-state index contributed by atoms with van der Waals surface area (Å²) < 4.78 is 6.00. The van der Waals surface area contributed by atoms with Gasteiger partial charge in [-0.3, -0.25) is 4.79 Å². The van der Waals surface area contributed by atoms with E-state index in [9.17, 15) is 4.79 Å². The number of halogens is 2. The van der Waals surface area contributed by atoms with Crippen molar-refractivity contribution in [2.75, 3.05) is 21.2 Å². The molecule has 0 aliphatic heterocycles. The molecule has 1 aromatic rings. The minimum Gasteiger partial charge on any atom is -0.496 e. The summed E-state index contributed by atoms with van der Waals surface area (Å²) in [5.74, 6) is 0.424. The molecule has 1 aromatic carbocycles. The zero-order valence-corrected chi connectivity index (χ0v) is 11.6. The Kier molecular flexibility index (Phi) is 4.21. The van der Waals surface area contributed by atoms with Crippen LogP contribution in [0.3, 0.4) is 0 Å². The third-order valence-corrected chi connectivity index (χ3v) is 3.40. The molecule has 0 fully saturated rings. The van der Waals surface area contributed by atoms with Crippen LogP contribution in [0.15, 0.2) is 12.1 Å². The van der Waals surface area contributed by atoms with Crippen LogP contribution in [0.1, 0.15) is 10.4 Å². The summed E-state index contributed by atoms with van der Waals surface area (Å²) in [5.41, 5.74) is 0.480. The van der Waals surface area contributed by atoms with Crippen LogP contribution in [0.2, 0.25) is 5.02 Å². The van der Waals surface area contributed by atoms with Gasteiger partial charge in [0.25, 0.3) is 5.91 Å². The van der Waals surface area contributed by atoms with Crippen molar-refractivity contribution in [1.82, 2.24) is 4.90 Å². The molecule has 0 aliphatic rings. The normalized spacial score (nSPS) is 9.93. The molecule has 0 radical (unpaired) electrons. The summed E-state index contributed by atoms with van der Waals surface area (Å²) >= 11 is 8.05. The van der Waals surface area contributed by atoms with Crippen molar-refractivity contribution in [3.8, 4) is 5.75 Å². The molecule has 0 saturated carbocycles. The molecule has 0 unspecified atom stereocenters. The summed E-state index contributed by atoms with van der Waals surface area (Å²) in [7, 11) is 4.91. The van der Waals surface area contributed by atoms with Crippen molar-refractivity contribution < 1.29 is 9.53 Å². The monoisotopic (exact) mass is 339 g/mol. The third-order valence-electron chi connectivity index (χ3n) is 1.88. The fourth-order valence-corrected chi connectivity index (χ4v) is 1.71. The number of hydrogen-bond acceptors (Lipinski definition) is 2. The summed E-state index contributed by atoms with van der Waals surface area (Å²) in [6.45, 7) is 0. The molecule has 1 amide bonds. The number of hydrogen-bond donors (Lipinski definition) is 0. The smallest absolute Gasteiger partial charge is 0.257 e. The third kappa shape index (κ3) is 2.75. The van der Waals surface area contributed by atoms with E-state index >= 15 is 0 Å². The molecular weight excluding hydrogens is 328 g/mol. The van der Waals surface area contributed by atoms with Crippen LogP contribution in [0.5, 0.6) is 5.75 Å². The van der Waals surface area contributed by atoms with Crippen molar-refractivity contribution in [1.29, 1.82) is 0 Å². The second kappa shape index (κ2) is 5.03. The standard InChI is InChI=1S/C10H11ClINO2/c1-13(2)10(14)6-4-7(11)8(12)5-9(6)15-3/h4-5H,1-3H3. The van der Waals surface area contributed by atoms with E-state index < -0.39 is 0 Å². The highest BCUT2D eigenvalue weighted by Gasteiger charge is 2.16. The molecular formula is C10H11ClINO2. The Balaban J connectivity index is 3.27. The largest absolute Gasteiger partial charge is 0.496 e. The lowest BCUT2D eigenvalue weighted by atomic mass is 10.2. The average Bonchev–Trinajstić information content (AvgIpc) is 2.20. The van der Waals surface area contributed by atoms with Crippen molar-refractivity contribution in [2.24, 2.45) is 0 Å². The Morgan fingerprint density at radius 2 is 2.07 bits per heavy atom. The number of benzene rings is 1. The van der Waals surface area contributed by atoms with E-state index in [0.29, 0.717) is 16.3 Å². The van der Waals surface area contributed by atoms with E-state index in [-0.39, 0.29) is 5.91 Å². The number of rotatable bonds is 2. The highest BCUT2D eigenvalue weighted by Crippen LogP contribution is 2.28. The van der Waals surface area contributed by atoms with Crippen molar-refractivity contribution in [3.05, 3.63) is 26.3 Å². The van der Waals surface area contributed by atoms with Crippen LogP contribution in [0.25, 0.3) is 0 Å². The van der Waals surface area contributed by atoms with Gasteiger partial charge in [0.05, 0.1) is 17.7 Å². The molecule has 0 saturated heterocycles. The van der Waals surface area contributed by atoms with E-state index in [4.69, 9.17) is 16.3 Å². The maximum Gasteiger partial charge on any atom is 0.257 e. The molecule has 15 heavy (non-hydrogen) atoms. The van der Waals surface area contributed by atoms with Gasteiger partial charge in [-0.1, -0.05) is 11.6 Å². The molecule has 5 heteroatoms. The molecule has 0 spiro atoms. The van der Waals surface area contributed by atoms with Crippen LogP contribution in [0, 0.1) is 3.57 Å². The van der Waals surface area contributed by atoms with Crippen LogP contribution in [-0.4, -0.2) is 32.0 Å². The van der Waals surface area contributed by atoms with Crippen LogP contribution >= 0.6 is 34.2 Å². The first-order valence-corrected chi connectivity index (χ1v) is 5.67. The van der Waals surface area contributed by atoms with Gasteiger partial charge in [0.15, 0.2) is 0 Å². The second-order valence-electron chi connectivity index (χ2n) is 3.17. The molecule has 0 bridgehead atoms. The molecule has 0 heterocycles. The predicted molar refractivity (Wildman–Crippen MR) is 68.7 cm³/mol. The summed E-state index contributed by atoms with van der Waals surface area (Å²) in [5, 5.41) is 0.557. The van der Waals surface area contributed by atoms with Gasteiger partial charge < -0.3 is 9.64 Å². The quantitative estimate of drug-likeness (QED) is 0.775. The molecule has 0 atom stereocenters. The molecule has 0 N–H and O–H groups in total. The Labute approximate surface area is 107 Å². The van der Waals surface area contributed by atoms with Gasteiger partial charge in [0.2, 0.25) is 0 Å². The van der Waals surface area contributed by atoms with Crippen molar-refractivity contribution in [2.45, 2.75) is 0 Å². The topological polar surface area (TPSA) is 29.5 Å². The van der Waals surface area contributed by atoms with Gasteiger partial charge in [0, 0.05) is 17.7 Å². The lowest BCUT2D eigenvalue weighted by Crippen LogP contribution is -2.22. The fourth-order valence-electron chi connectivity index (χ4n) is 1.11. The highest BCUT2D eigenvalue weighted by atomic mass is 127. The predicted octanol–water partition coefficient (Wildman–Crippen LogP) is 2.66. The van der Waals surface area contributed by atoms with Gasteiger partial charge in [-0.25, -0.2) is 0 Å². The van der Waals surface area contributed by atoms with Gasteiger partial charge in [-0.15, -0.1) is 0 Å². The molecule has 82 valence electrons. The van der Waals surface area contributed by atoms with Crippen LogP contribution < -0.4 is 4.74 Å². The van der Waals surface area contributed by atoms with E-state index in [1.54, 1.807) is 26.2 Å². The maximum absolute atomic E-state index is 11.8. The number of amides is 1. The summed E-state index contributed by atoms with van der Waals surface area (Å²) in [6.07, 6.45) is 0. The van der Waals surface area contributed by atoms with Gasteiger partial charge in [0.1, 0.15) is 5.75 Å². The lowest BCUT2D eigenvalue weighted by molar-refractivity contribution is 0.0824. The molecule has 1 rings (SSSR count). The average molecular weight is 340 g/mol. The number of nitrogens with zero attached hydrogens (tertiary/aromatic N) is 1. The Hall–Kier alpha value is -0.490. The van der Waals surface area contributed by atoms with E-state index in [0.717, 1.165) is 3.57 Å². The zero-order valence-electron chi connectivity index (χ0n) is 8.67. The Morgan fingerprint density at radius 3 is 2.53 bits per heavy atom. The minimum absolute atomic E-state index is 0.120. The maximum atomic E-state index is 11.8. The van der Waals surface area contributed by atoms with E-state index in [1.165, 1.54) is 12.0 Å². The fraction of sp³-hybridized carbons (Fsp3) is 0.300.